The Morgan fingerprint density at radius 2 is 2.05 bits per heavy atom. The first-order valence-electron chi connectivity index (χ1n) is 7.03. The Bertz CT molecular complexity index is 435. The summed E-state index contributed by atoms with van der Waals surface area (Å²) in [5.41, 5.74) is 6.40. The van der Waals surface area contributed by atoms with Crippen LogP contribution in [0.4, 0.5) is 5.69 Å². The molecule has 0 radical (unpaired) electrons. The summed E-state index contributed by atoms with van der Waals surface area (Å²) in [4.78, 5) is 0.628. The molecule has 2 N–H and O–H groups in total. The van der Waals surface area contributed by atoms with E-state index in [2.05, 4.69) is 13.8 Å². The highest BCUT2D eigenvalue weighted by atomic mass is 32.2. The van der Waals surface area contributed by atoms with Crippen LogP contribution in [0.25, 0.3) is 0 Å². The molecule has 0 bridgehead atoms. The fourth-order valence-electron chi connectivity index (χ4n) is 1.63. The maximum atomic E-state index is 12.2. The minimum absolute atomic E-state index is 0.456. The van der Waals surface area contributed by atoms with Crippen LogP contribution in [0.1, 0.15) is 27.2 Å². The van der Waals surface area contributed by atoms with Gasteiger partial charge in [-0.3, -0.25) is 4.21 Å². The minimum Gasteiger partial charge on any atom is -0.494 e. The van der Waals surface area contributed by atoms with Crippen LogP contribution in [0.5, 0.6) is 5.75 Å². The molecule has 20 heavy (non-hydrogen) atoms. The largest absolute Gasteiger partial charge is 0.494 e. The van der Waals surface area contributed by atoms with Crippen LogP contribution in [0.2, 0.25) is 0 Å². The van der Waals surface area contributed by atoms with Crippen molar-refractivity contribution in [3.05, 3.63) is 18.2 Å². The number of nitrogens with two attached hydrogens (primary N) is 1. The molecule has 1 atom stereocenters. The summed E-state index contributed by atoms with van der Waals surface area (Å²) in [5.74, 6) is 1.78. The van der Waals surface area contributed by atoms with Crippen molar-refractivity contribution >= 4 is 16.5 Å². The monoisotopic (exact) mass is 299 g/mol. The van der Waals surface area contributed by atoms with E-state index in [1.807, 2.05) is 6.92 Å². The van der Waals surface area contributed by atoms with Crippen molar-refractivity contribution < 1.29 is 13.7 Å². The fraction of sp³-hybridized carbons (Fsp3) is 0.600. The van der Waals surface area contributed by atoms with Gasteiger partial charge in [0.1, 0.15) is 5.75 Å². The molecular weight excluding hydrogens is 274 g/mol. The average Bonchev–Trinajstić information content (AvgIpc) is 2.40. The molecule has 0 aliphatic carbocycles. The molecule has 5 heteroatoms. The first-order valence-corrected chi connectivity index (χ1v) is 8.35. The van der Waals surface area contributed by atoms with Gasteiger partial charge in [0.05, 0.1) is 34.7 Å². The van der Waals surface area contributed by atoms with Gasteiger partial charge in [0.2, 0.25) is 0 Å². The number of hydrogen-bond donors (Lipinski definition) is 1. The van der Waals surface area contributed by atoms with Gasteiger partial charge in [-0.25, -0.2) is 0 Å². The number of rotatable bonds is 9. The van der Waals surface area contributed by atoms with Crippen molar-refractivity contribution in [2.75, 3.05) is 31.3 Å². The lowest BCUT2D eigenvalue weighted by Gasteiger charge is -2.10. The molecule has 0 aliphatic rings. The van der Waals surface area contributed by atoms with Gasteiger partial charge in [-0.15, -0.1) is 0 Å². The van der Waals surface area contributed by atoms with Crippen molar-refractivity contribution in [1.29, 1.82) is 0 Å². The van der Waals surface area contributed by atoms with Gasteiger partial charge < -0.3 is 15.2 Å². The van der Waals surface area contributed by atoms with Crippen molar-refractivity contribution in [2.24, 2.45) is 5.92 Å². The molecule has 0 amide bonds. The van der Waals surface area contributed by atoms with E-state index in [1.165, 1.54) is 0 Å². The molecule has 0 saturated carbocycles. The minimum atomic E-state index is -1.15. The molecule has 0 aliphatic heterocycles. The summed E-state index contributed by atoms with van der Waals surface area (Å²) in [6.07, 6.45) is 1.02. The average molecular weight is 299 g/mol. The summed E-state index contributed by atoms with van der Waals surface area (Å²) < 4.78 is 23.1. The molecule has 114 valence electrons. The topological polar surface area (TPSA) is 61.5 Å². The quantitative estimate of drug-likeness (QED) is 0.562. The number of benzene rings is 1. The third-order valence-corrected chi connectivity index (χ3v) is 4.18. The van der Waals surface area contributed by atoms with Crippen LogP contribution < -0.4 is 10.5 Å². The molecule has 1 unspecified atom stereocenters. The number of ether oxygens (including phenoxy) is 2. The molecule has 0 spiro atoms. The molecule has 1 aromatic carbocycles. The molecule has 1 rings (SSSR count). The van der Waals surface area contributed by atoms with Gasteiger partial charge in [-0.1, -0.05) is 13.8 Å². The normalized spacial score (nSPS) is 12.6. The maximum absolute atomic E-state index is 12.2. The molecule has 0 aromatic heterocycles. The zero-order valence-corrected chi connectivity index (χ0v) is 13.4. The van der Waals surface area contributed by atoms with Crippen molar-refractivity contribution in [3.63, 3.8) is 0 Å². The SMILES string of the molecule is CCOc1ccc(N)c(S(=O)CCOCCC(C)C)c1. The van der Waals surface area contributed by atoms with E-state index >= 15 is 0 Å². The summed E-state index contributed by atoms with van der Waals surface area (Å²) in [7, 11) is -1.15. The van der Waals surface area contributed by atoms with Crippen molar-refractivity contribution in [1.82, 2.24) is 0 Å². The van der Waals surface area contributed by atoms with E-state index in [1.54, 1.807) is 18.2 Å². The highest BCUT2D eigenvalue weighted by Gasteiger charge is 2.10. The van der Waals surface area contributed by atoms with Crippen LogP contribution >= 0.6 is 0 Å². The Balaban J connectivity index is 2.48. The Morgan fingerprint density at radius 1 is 1.30 bits per heavy atom. The fourth-order valence-corrected chi connectivity index (χ4v) is 2.70. The van der Waals surface area contributed by atoms with Gasteiger partial charge in [-0.05, 0) is 37.5 Å². The van der Waals surface area contributed by atoms with Crippen LogP contribution in [-0.4, -0.2) is 29.8 Å². The summed E-state index contributed by atoms with van der Waals surface area (Å²) >= 11 is 0. The third kappa shape index (κ3) is 5.92. The molecular formula is C15H25NO3S. The lowest BCUT2D eigenvalue weighted by molar-refractivity contribution is 0.138. The summed E-state index contributed by atoms with van der Waals surface area (Å²) in [6.45, 7) is 7.99. The smallest absolute Gasteiger partial charge is 0.120 e. The van der Waals surface area contributed by atoms with Crippen molar-refractivity contribution in [2.45, 2.75) is 32.1 Å². The second-order valence-corrected chi connectivity index (χ2v) is 6.52. The van der Waals surface area contributed by atoms with E-state index in [0.717, 1.165) is 6.42 Å². The van der Waals surface area contributed by atoms with E-state index in [9.17, 15) is 4.21 Å². The molecule has 1 aromatic rings. The number of anilines is 1. The summed E-state index contributed by atoms with van der Waals surface area (Å²) in [6, 6.07) is 5.28. The predicted octanol–water partition coefficient (Wildman–Crippen LogP) is 2.84. The number of hydrogen-bond acceptors (Lipinski definition) is 4. The standard InChI is InChI=1S/C15H25NO3S/c1-4-19-13-5-6-14(16)15(11-13)20(17)10-9-18-8-7-12(2)3/h5-6,11-12H,4,7-10,16H2,1-3H3. The van der Waals surface area contributed by atoms with E-state index in [4.69, 9.17) is 15.2 Å². The van der Waals surface area contributed by atoms with Gasteiger partial charge in [0.15, 0.2) is 0 Å². The van der Waals surface area contributed by atoms with Gasteiger partial charge in [0.25, 0.3) is 0 Å². The van der Waals surface area contributed by atoms with E-state index in [-0.39, 0.29) is 0 Å². The Labute approximate surface area is 124 Å². The highest BCUT2D eigenvalue weighted by Crippen LogP contribution is 2.23. The van der Waals surface area contributed by atoms with Gasteiger partial charge in [0, 0.05) is 12.3 Å². The molecule has 0 saturated heterocycles. The van der Waals surface area contributed by atoms with Crippen LogP contribution in [0.3, 0.4) is 0 Å². The Kier molecular flexibility index (Phi) is 7.62. The van der Waals surface area contributed by atoms with Crippen LogP contribution in [-0.2, 0) is 15.5 Å². The lowest BCUT2D eigenvalue weighted by atomic mass is 10.1. The van der Waals surface area contributed by atoms with Crippen LogP contribution in [0.15, 0.2) is 23.1 Å². The second-order valence-electron chi connectivity index (χ2n) is 4.98. The Hall–Kier alpha value is -1.07. The van der Waals surface area contributed by atoms with E-state index < -0.39 is 10.8 Å². The van der Waals surface area contributed by atoms with Gasteiger partial charge in [-0.2, -0.15) is 0 Å². The summed E-state index contributed by atoms with van der Waals surface area (Å²) in [5, 5.41) is 0. The highest BCUT2D eigenvalue weighted by molar-refractivity contribution is 7.85. The van der Waals surface area contributed by atoms with Gasteiger partial charge >= 0.3 is 0 Å². The second kappa shape index (κ2) is 8.97. The predicted molar refractivity (Wildman–Crippen MR) is 83.6 cm³/mol. The number of nitrogen functional groups attached to an aromatic ring is 1. The molecule has 4 nitrogen and oxygen atoms in total. The molecule has 0 fully saturated rings. The maximum Gasteiger partial charge on any atom is 0.120 e. The van der Waals surface area contributed by atoms with Crippen LogP contribution in [0, 0.1) is 5.92 Å². The third-order valence-electron chi connectivity index (χ3n) is 2.79. The van der Waals surface area contributed by atoms with E-state index in [0.29, 0.717) is 47.8 Å². The zero-order valence-electron chi connectivity index (χ0n) is 12.6. The Morgan fingerprint density at radius 3 is 2.70 bits per heavy atom. The first kappa shape index (κ1) is 17.0. The zero-order chi connectivity index (χ0) is 15.0. The van der Waals surface area contributed by atoms with Crippen molar-refractivity contribution in [3.8, 4) is 5.75 Å². The molecule has 0 heterocycles. The lowest BCUT2D eigenvalue weighted by Crippen LogP contribution is -2.10. The first-order chi connectivity index (χ1) is 9.54.